The molecule has 0 aliphatic carbocycles. The lowest BCUT2D eigenvalue weighted by Crippen LogP contribution is -2.44. The molecule has 1 aliphatic rings. The minimum atomic E-state index is -1.82. The van der Waals surface area contributed by atoms with E-state index < -0.39 is 11.5 Å². The van der Waals surface area contributed by atoms with Gasteiger partial charge in [-0.05, 0) is 43.5 Å². The van der Waals surface area contributed by atoms with Gasteiger partial charge in [-0.3, -0.25) is 14.5 Å². The number of para-hydroxylation sites is 2. The summed E-state index contributed by atoms with van der Waals surface area (Å²) in [4.78, 5) is 27.6. The Morgan fingerprint density at radius 1 is 0.967 bits per heavy atom. The fraction of sp³-hybridized carbons (Fsp3) is 0.200. The first kappa shape index (κ1) is 19.9. The van der Waals surface area contributed by atoms with Crippen LogP contribution in [-0.2, 0) is 15.2 Å². The van der Waals surface area contributed by atoms with Gasteiger partial charge in [-0.15, -0.1) is 0 Å². The summed E-state index contributed by atoms with van der Waals surface area (Å²) in [5.74, 6) is -0.838. The molecule has 5 heteroatoms. The lowest BCUT2D eigenvalue weighted by atomic mass is 9.87. The molecule has 2 amide bonds. The molecule has 4 rings (SSSR count). The zero-order valence-corrected chi connectivity index (χ0v) is 17.3. The first-order valence-corrected chi connectivity index (χ1v) is 9.89. The van der Waals surface area contributed by atoms with Crippen molar-refractivity contribution in [3.8, 4) is 0 Å². The molecule has 1 aliphatic heterocycles. The van der Waals surface area contributed by atoms with Crippen molar-refractivity contribution >= 4 is 23.2 Å². The van der Waals surface area contributed by atoms with Crippen molar-refractivity contribution in [2.24, 2.45) is 0 Å². The van der Waals surface area contributed by atoms with Gasteiger partial charge in [-0.2, -0.15) is 0 Å². The zero-order chi connectivity index (χ0) is 21.5. The largest absolute Gasteiger partial charge is 0.372 e. The van der Waals surface area contributed by atoms with Gasteiger partial charge in [0.2, 0.25) is 5.91 Å². The van der Waals surface area contributed by atoms with Gasteiger partial charge < -0.3 is 10.4 Å². The maximum absolute atomic E-state index is 13.4. The highest BCUT2D eigenvalue weighted by Crippen LogP contribution is 2.44. The van der Waals surface area contributed by atoms with Gasteiger partial charge in [0.1, 0.15) is 6.54 Å². The minimum absolute atomic E-state index is 0.183. The average Bonchev–Trinajstić information content (AvgIpc) is 2.94. The van der Waals surface area contributed by atoms with Crippen LogP contribution < -0.4 is 10.2 Å². The summed E-state index contributed by atoms with van der Waals surface area (Å²) in [6.07, 6.45) is 0. The van der Waals surface area contributed by atoms with E-state index in [1.165, 1.54) is 4.90 Å². The van der Waals surface area contributed by atoms with E-state index >= 15 is 0 Å². The number of nitrogens with one attached hydrogen (secondary N) is 1. The molecular formula is C25H24N2O3. The average molecular weight is 400 g/mol. The predicted octanol–water partition coefficient (Wildman–Crippen LogP) is 3.83. The molecule has 2 N–H and O–H groups in total. The molecule has 0 spiro atoms. The maximum atomic E-state index is 13.4. The van der Waals surface area contributed by atoms with Crippen molar-refractivity contribution in [1.82, 2.24) is 0 Å². The lowest BCUT2D eigenvalue weighted by Gasteiger charge is -2.24. The van der Waals surface area contributed by atoms with Crippen LogP contribution in [0, 0.1) is 20.8 Å². The SMILES string of the molecule is Cc1cccc(C2(O)C(=O)N(CC(=O)Nc3c(C)cccc3C)c3ccccc32)c1. The molecule has 152 valence electrons. The Bertz CT molecular complexity index is 1130. The summed E-state index contributed by atoms with van der Waals surface area (Å²) in [6.45, 7) is 5.58. The smallest absolute Gasteiger partial charge is 0.268 e. The number of nitrogens with zero attached hydrogens (tertiary/aromatic N) is 1. The lowest BCUT2D eigenvalue weighted by molar-refractivity contribution is -0.133. The van der Waals surface area contributed by atoms with Crippen molar-refractivity contribution in [3.63, 3.8) is 0 Å². The van der Waals surface area contributed by atoms with Crippen molar-refractivity contribution in [2.45, 2.75) is 26.4 Å². The molecule has 1 heterocycles. The van der Waals surface area contributed by atoms with Gasteiger partial charge in [-0.1, -0.05) is 66.2 Å². The van der Waals surface area contributed by atoms with E-state index in [1.54, 1.807) is 36.4 Å². The molecule has 0 bridgehead atoms. The number of amides is 2. The monoisotopic (exact) mass is 400 g/mol. The van der Waals surface area contributed by atoms with E-state index in [9.17, 15) is 14.7 Å². The quantitative estimate of drug-likeness (QED) is 0.699. The second-order valence-corrected chi connectivity index (χ2v) is 7.80. The van der Waals surface area contributed by atoms with Crippen LogP contribution in [0.4, 0.5) is 11.4 Å². The number of anilines is 2. The van der Waals surface area contributed by atoms with Crippen molar-refractivity contribution in [2.75, 3.05) is 16.8 Å². The third kappa shape index (κ3) is 3.17. The van der Waals surface area contributed by atoms with E-state index in [0.717, 1.165) is 22.4 Å². The highest BCUT2D eigenvalue weighted by atomic mass is 16.3. The first-order valence-electron chi connectivity index (χ1n) is 9.89. The number of aliphatic hydroxyl groups is 1. The van der Waals surface area contributed by atoms with Crippen LogP contribution in [0.25, 0.3) is 0 Å². The molecule has 3 aromatic carbocycles. The maximum Gasteiger partial charge on any atom is 0.268 e. The third-order valence-electron chi connectivity index (χ3n) is 5.62. The molecular weight excluding hydrogens is 376 g/mol. The van der Waals surface area contributed by atoms with Crippen LogP contribution in [-0.4, -0.2) is 23.5 Å². The number of fused-ring (bicyclic) bond motifs is 1. The van der Waals surface area contributed by atoms with Gasteiger partial charge in [0, 0.05) is 11.3 Å². The molecule has 5 nitrogen and oxygen atoms in total. The predicted molar refractivity (Wildman–Crippen MR) is 118 cm³/mol. The van der Waals surface area contributed by atoms with Crippen LogP contribution in [0.3, 0.4) is 0 Å². The summed E-state index contributed by atoms with van der Waals surface area (Å²) in [7, 11) is 0. The van der Waals surface area contributed by atoms with E-state index in [2.05, 4.69) is 5.32 Å². The van der Waals surface area contributed by atoms with Gasteiger partial charge in [0.25, 0.3) is 5.91 Å². The summed E-state index contributed by atoms with van der Waals surface area (Å²) in [6, 6.07) is 20.1. The number of aryl methyl sites for hydroxylation is 3. The third-order valence-corrected chi connectivity index (χ3v) is 5.62. The second-order valence-electron chi connectivity index (χ2n) is 7.80. The molecule has 1 unspecified atom stereocenters. The molecule has 0 fully saturated rings. The number of hydrogen-bond acceptors (Lipinski definition) is 3. The van der Waals surface area contributed by atoms with Gasteiger partial charge in [-0.25, -0.2) is 0 Å². The van der Waals surface area contributed by atoms with Gasteiger partial charge >= 0.3 is 0 Å². The van der Waals surface area contributed by atoms with E-state index in [1.807, 2.05) is 51.1 Å². The highest BCUT2D eigenvalue weighted by Gasteiger charge is 2.51. The second kappa shape index (κ2) is 7.43. The number of rotatable bonds is 4. The van der Waals surface area contributed by atoms with E-state index in [-0.39, 0.29) is 12.5 Å². The summed E-state index contributed by atoms with van der Waals surface area (Å²) in [5.41, 5.74) is 3.30. The number of carbonyl (C=O) groups excluding carboxylic acids is 2. The Morgan fingerprint density at radius 3 is 2.33 bits per heavy atom. The Labute approximate surface area is 176 Å². The van der Waals surface area contributed by atoms with Crippen LogP contribution in [0.1, 0.15) is 27.8 Å². The molecule has 3 aromatic rings. The Morgan fingerprint density at radius 2 is 1.63 bits per heavy atom. The normalized spacial score (nSPS) is 17.7. The van der Waals surface area contributed by atoms with Crippen molar-refractivity contribution in [1.29, 1.82) is 0 Å². The molecule has 1 atom stereocenters. The van der Waals surface area contributed by atoms with Crippen LogP contribution in [0.5, 0.6) is 0 Å². The molecule has 30 heavy (non-hydrogen) atoms. The summed E-state index contributed by atoms with van der Waals surface area (Å²) >= 11 is 0. The van der Waals surface area contributed by atoms with Crippen molar-refractivity contribution < 1.29 is 14.7 Å². The van der Waals surface area contributed by atoms with E-state index in [4.69, 9.17) is 0 Å². The van der Waals surface area contributed by atoms with Gasteiger partial charge in [0.05, 0.1) is 5.69 Å². The molecule has 0 radical (unpaired) electrons. The van der Waals surface area contributed by atoms with E-state index in [0.29, 0.717) is 16.8 Å². The molecule has 0 saturated carbocycles. The van der Waals surface area contributed by atoms with Gasteiger partial charge in [0.15, 0.2) is 5.60 Å². The number of hydrogen-bond donors (Lipinski definition) is 2. The zero-order valence-electron chi connectivity index (χ0n) is 17.3. The molecule has 0 aromatic heterocycles. The van der Waals surface area contributed by atoms with Crippen LogP contribution >= 0.6 is 0 Å². The Hall–Kier alpha value is -3.44. The minimum Gasteiger partial charge on any atom is -0.372 e. The topological polar surface area (TPSA) is 69.6 Å². The first-order chi connectivity index (χ1) is 14.3. The summed E-state index contributed by atoms with van der Waals surface area (Å²) < 4.78 is 0. The number of benzene rings is 3. The fourth-order valence-electron chi connectivity index (χ4n) is 4.08. The standard InChI is InChI=1S/C25H24N2O3/c1-16-8-6-11-19(14-16)25(30)20-12-4-5-13-21(20)27(24(25)29)15-22(28)26-23-17(2)9-7-10-18(23)3/h4-14,30H,15H2,1-3H3,(H,26,28). The van der Waals surface area contributed by atoms with Crippen LogP contribution in [0.2, 0.25) is 0 Å². The number of carbonyl (C=O) groups is 2. The van der Waals surface area contributed by atoms with Crippen LogP contribution in [0.15, 0.2) is 66.7 Å². The molecule has 0 saturated heterocycles. The Kier molecular flexibility index (Phi) is 4.92. The Balaban J connectivity index is 1.68. The summed E-state index contributed by atoms with van der Waals surface area (Å²) in [5, 5.41) is 14.5. The highest BCUT2D eigenvalue weighted by molar-refractivity contribution is 6.12. The van der Waals surface area contributed by atoms with Crippen molar-refractivity contribution in [3.05, 3.63) is 94.5 Å². The fourth-order valence-corrected chi connectivity index (χ4v) is 4.08.